The second kappa shape index (κ2) is 12.7. The summed E-state index contributed by atoms with van der Waals surface area (Å²) in [7, 11) is 0. The molecule has 3 heteroatoms. The number of benzene rings is 8. The van der Waals surface area contributed by atoms with Gasteiger partial charge in [-0.3, -0.25) is 0 Å². The van der Waals surface area contributed by atoms with Crippen LogP contribution in [0.3, 0.4) is 0 Å². The van der Waals surface area contributed by atoms with Crippen LogP contribution in [0.15, 0.2) is 188 Å². The summed E-state index contributed by atoms with van der Waals surface area (Å²) in [6.45, 7) is 0. The lowest BCUT2D eigenvalue weighted by molar-refractivity contribution is 1.07. The zero-order valence-corrected chi connectivity index (χ0v) is 27.2. The van der Waals surface area contributed by atoms with Crippen LogP contribution >= 0.6 is 0 Å². The van der Waals surface area contributed by atoms with Gasteiger partial charge in [-0.2, -0.15) is 0 Å². The van der Waals surface area contributed by atoms with Crippen LogP contribution in [0.1, 0.15) is 0 Å². The first kappa shape index (κ1) is 29.4. The molecule has 0 saturated heterocycles. The Morgan fingerprint density at radius 3 is 1.34 bits per heavy atom. The zero-order valence-electron chi connectivity index (χ0n) is 27.2. The number of aromatic nitrogens is 3. The van der Waals surface area contributed by atoms with E-state index in [0.29, 0.717) is 17.5 Å². The van der Waals surface area contributed by atoms with E-state index in [9.17, 15) is 0 Å². The van der Waals surface area contributed by atoms with Crippen LogP contribution in [0.4, 0.5) is 0 Å². The maximum Gasteiger partial charge on any atom is 0.164 e. The third kappa shape index (κ3) is 5.61. The van der Waals surface area contributed by atoms with Crippen molar-refractivity contribution in [3.8, 4) is 67.5 Å². The molecule has 8 aromatic carbocycles. The molecule has 0 aliphatic carbocycles. The average molecular weight is 638 g/mol. The maximum atomic E-state index is 5.20. The van der Waals surface area contributed by atoms with Crippen molar-refractivity contribution in [3.05, 3.63) is 188 Å². The molecule has 0 unspecified atom stereocenters. The van der Waals surface area contributed by atoms with Crippen molar-refractivity contribution in [2.45, 2.75) is 0 Å². The van der Waals surface area contributed by atoms with E-state index in [-0.39, 0.29) is 0 Å². The van der Waals surface area contributed by atoms with E-state index < -0.39 is 0 Å². The van der Waals surface area contributed by atoms with Crippen molar-refractivity contribution < 1.29 is 0 Å². The van der Waals surface area contributed by atoms with E-state index >= 15 is 0 Å². The summed E-state index contributed by atoms with van der Waals surface area (Å²) >= 11 is 0. The third-order valence-electron chi connectivity index (χ3n) is 9.30. The summed E-state index contributed by atoms with van der Waals surface area (Å²) in [5.74, 6) is 1.91. The van der Waals surface area contributed by atoms with Crippen molar-refractivity contribution in [1.82, 2.24) is 15.0 Å². The molecule has 1 aromatic heterocycles. The fraction of sp³-hybridized carbons (Fsp3) is 0. The minimum atomic E-state index is 0.636. The number of hydrogen-bond acceptors (Lipinski definition) is 3. The molecule has 0 aliphatic rings. The molecule has 0 bridgehead atoms. The molecule has 234 valence electrons. The summed E-state index contributed by atoms with van der Waals surface area (Å²) in [6, 6.07) is 65.9. The molecule has 9 rings (SSSR count). The Morgan fingerprint density at radius 1 is 0.240 bits per heavy atom. The van der Waals surface area contributed by atoms with E-state index in [2.05, 4.69) is 158 Å². The van der Waals surface area contributed by atoms with Crippen LogP contribution in [0.25, 0.3) is 89.1 Å². The van der Waals surface area contributed by atoms with Gasteiger partial charge in [0.15, 0.2) is 17.5 Å². The van der Waals surface area contributed by atoms with Gasteiger partial charge in [-0.05, 0) is 67.6 Å². The molecule has 0 spiro atoms. The molecule has 1 heterocycles. The highest BCUT2D eigenvalue weighted by Gasteiger charge is 2.19. The molecule has 0 aliphatic heterocycles. The van der Waals surface area contributed by atoms with Crippen LogP contribution in [0, 0.1) is 0 Å². The normalized spacial score (nSPS) is 11.2. The van der Waals surface area contributed by atoms with Gasteiger partial charge in [0.2, 0.25) is 0 Å². The Morgan fingerprint density at radius 2 is 0.680 bits per heavy atom. The SMILES string of the molecule is c1ccc(-c2nc(-c3ccc4cc(-c5ccc6ccccc6c5)ccc4c3)nc(-c3cccc(-c4ccccc4)c3-c3ccccc3)n2)cc1. The Kier molecular flexibility index (Phi) is 7.49. The van der Waals surface area contributed by atoms with Crippen molar-refractivity contribution >= 4 is 21.5 Å². The Balaban J connectivity index is 1.19. The molecular formula is C47H31N3. The van der Waals surface area contributed by atoms with Crippen molar-refractivity contribution in [3.63, 3.8) is 0 Å². The minimum absolute atomic E-state index is 0.636. The van der Waals surface area contributed by atoms with E-state index in [1.165, 1.54) is 27.3 Å². The Bertz CT molecular complexity index is 2630. The molecule has 3 nitrogen and oxygen atoms in total. The second-order valence-electron chi connectivity index (χ2n) is 12.5. The molecule has 0 N–H and O–H groups in total. The van der Waals surface area contributed by atoms with E-state index in [1.54, 1.807) is 0 Å². The van der Waals surface area contributed by atoms with Crippen LogP contribution in [-0.4, -0.2) is 15.0 Å². The predicted octanol–water partition coefficient (Wildman–Crippen LogP) is 12.2. The van der Waals surface area contributed by atoms with Crippen LogP contribution in [0.2, 0.25) is 0 Å². The minimum Gasteiger partial charge on any atom is -0.208 e. The third-order valence-corrected chi connectivity index (χ3v) is 9.30. The summed E-state index contributed by atoms with van der Waals surface area (Å²) in [5.41, 5.74) is 9.71. The fourth-order valence-electron chi connectivity index (χ4n) is 6.79. The first-order valence-electron chi connectivity index (χ1n) is 16.9. The molecule has 50 heavy (non-hydrogen) atoms. The zero-order chi connectivity index (χ0) is 33.3. The topological polar surface area (TPSA) is 38.7 Å². The van der Waals surface area contributed by atoms with Gasteiger partial charge in [0, 0.05) is 22.3 Å². The van der Waals surface area contributed by atoms with Crippen molar-refractivity contribution in [2.24, 2.45) is 0 Å². The summed E-state index contributed by atoms with van der Waals surface area (Å²) in [6.07, 6.45) is 0. The highest BCUT2D eigenvalue weighted by molar-refractivity contribution is 5.95. The largest absolute Gasteiger partial charge is 0.208 e. The van der Waals surface area contributed by atoms with Gasteiger partial charge < -0.3 is 0 Å². The lowest BCUT2D eigenvalue weighted by Crippen LogP contribution is -2.01. The highest BCUT2D eigenvalue weighted by Crippen LogP contribution is 2.40. The maximum absolute atomic E-state index is 5.20. The lowest BCUT2D eigenvalue weighted by Gasteiger charge is -2.16. The molecule has 0 atom stereocenters. The first-order valence-corrected chi connectivity index (χ1v) is 16.9. The molecule has 0 fully saturated rings. The first-order chi connectivity index (χ1) is 24.8. The van der Waals surface area contributed by atoms with Gasteiger partial charge in [-0.25, -0.2) is 15.0 Å². The standard InChI is InChI=1S/C47H31N3/c1-4-14-33(15-5-1)42-21-12-22-43(44(42)34-16-6-2-7-17-34)47-49-45(35-18-8-3-9-19-35)48-46(50-47)41-28-27-39-30-38(25-26-40(39)31-41)37-24-23-32-13-10-11-20-36(32)29-37/h1-31H. The Hall–Kier alpha value is -6.71. The average Bonchev–Trinajstić information content (AvgIpc) is 3.20. The molecular weight excluding hydrogens is 607 g/mol. The highest BCUT2D eigenvalue weighted by atomic mass is 15.0. The van der Waals surface area contributed by atoms with Gasteiger partial charge in [-0.15, -0.1) is 0 Å². The van der Waals surface area contributed by atoms with Gasteiger partial charge in [0.25, 0.3) is 0 Å². The van der Waals surface area contributed by atoms with E-state index in [1.807, 2.05) is 30.3 Å². The number of nitrogens with zero attached hydrogens (tertiary/aromatic N) is 3. The summed E-state index contributed by atoms with van der Waals surface area (Å²) < 4.78 is 0. The van der Waals surface area contributed by atoms with Gasteiger partial charge in [-0.1, -0.05) is 170 Å². The lowest BCUT2D eigenvalue weighted by atomic mass is 9.90. The van der Waals surface area contributed by atoms with Gasteiger partial charge in [0.05, 0.1) is 0 Å². The van der Waals surface area contributed by atoms with Gasteiger partial charge >= 0.3 is 0 Å². The number of rotatable bonds is 6. The van der Waals surface area contributed by atoms with Crippen molar-refractivity contribution in [1.29, 1.82) is 0 Å². The fourth-order valence-corrected chi connectivity index (χ4v) is 6.79. The van der Waals surface area contributed by atoms with Crippen molar-refractivity contribution in [2.75, 3.05) is 0 Å². The molecule has 0 amide bonds. The number of fused-ring (bicyclic) bond motifs is 2. The van der Waals surface area contributed by atoms with E-state index in [0.717, 1.165) is 44.3 Å². The quantitative estimate of drug-likeness (QED) is 0.182. The van der Waals surface area contributed by atoms with Crippen LogP contribution in [0.5, 0.6) is 0 Å². The molecule has 0 radical (unpaired) electrons. The smallest absolute Gasteiger partial charge is 0.164 e. The molecule has 0 saturated carbocycles. The monoisotopic (exact) mass is 637 g/mol. The van der Waals surface area contributed by atoms with Gasteiger partial charge in [0.1, 0.15) is 0 Å². The predicted molar refractivity (Wildman–Crippen MR) is 207 cm³/mol. The Labute approximate surface area is 291 Å². The molecule has 9 aromatic rings. The number of hydrogen-bond donors (Lipinski definition) is 0. The summed E-state index contributed by atoms with van der Waals surface area (Å²) in [4.78, 5) is 15.4. The summed E-state index contributed by atoms with van der Waals surface area (Å²) in [5, 5.41) is 4.78. The second-order valence-corrected chi connectivity index (χ2v) is 12.5. The van der Waals surface area contributed by atoms with Crippen LogP contribution in [-0.2, 0) is 0 Å². The van der Waals surface area contributed by atoms with E-state index in [4.69, 9.17) is 15.0 Å². The van der Waals surface area contributed by atoms with Crippen LogP contribution < -0.4 is 0 Å².